The first-order valence-electron chi connectivity index (χ1n) is 4.10. The van der Waals surface area contributed by atoms with Crippen molar-refractivity contribution in [3.05, 3.63) is 35.2 Å². The molecule has 15 heavy (non-hydrogen) atoms. The van der Waals surface area contributed by atoms with Gasteiger partial charge < -0.3 is 4.98 Å². The molecule has 1 aromatic rings. The van der Waals surface area contributed by atoms with Crippen molar-refractivity contribution >= 4 is 5.57 Å². The summed E-state index contributed by atoms with van der Waals surface area (Å²) in [5, 5.41) is 0. The molecule has 1 heterocycles. The molecule has 2 rings (SSSR count). The second-order valence-electron chi connectivity index (χ2n) is 3.24. The zero-order valence-electron chi connectivity index (χ0n) is 8.94. The number of rotatable bonds is 0. The van der Waals surface area contributed by atoms with E-state index in [1.165, 1.54) is 16.7 Å². The van der Waals surface area contributed by atoms with Crippen LogP contribution in [0.2, 0.25) is 0 Å². The van der Waals surface area contributed by atoms with Crippen molar-refractivity contribution < 1.29 is 39.9 Å². The molecule has 0 fully saturated rings. The molecule has 2 radical (unpaired) electrons. The van der Waals surface area contributed by atoms with Crippen LogP contribution < -0.4 is 0 Å². The Bertz CT molecular complexity index is 366. The van der Waals surface area contributed by atoms with Crippen LogP contribution in [0.3, 0.4) is 0 Å². The van der Waals surface area contributed by atoms with Crippen LogP contribution in [0.15, 0.2) is 0 Å². The fraction of sp³-hybridized carbons (Fsp3) is 0.364. The van der Waals surface area contributed by atoms with E-state index in [0.717, 1.165) is 5.56 Å². The molecule has 1 atom stereocenters. The van der Waals surface area contributed by atoms with E-state index in [9.17, 15) is 0 Å². The van der Waals surface area contributed by atoms with E-state index in [1.807, 2.05) is 6.92 Å². The third kappa shape index (κ3) is 2.60. The van der Waals surface area contributed by atoms with Crippen LogP contribution in [0, 0.1) is 25.4 Å². The molecular weight excluding hydrogens is 702 g/mol. The molecule has 0 aliphatic heterocycles. The Kier molecular flexibility index (Phi) is 6.54. The van der Waals surface area contributed by atoms with Crippen molar-refractivity contribution in [2.75, 3.05) is 0 Å². The number of hydrogen-bond donors (Lipinski definition) is 0. The van der Waals surface area contributed by atoms with E-state index in [0.29, 0.717) is 5.92 Å². The van der Waals surface area contributed by atoms with Gasteiger partial charge in [0.25, 0.3) is 0 Å². The minimum absolute atomic E-state index is 0. The number of fused-ring (bicyclic) bond motifs is 1. The maximum absolute atomic E-state index is 3.94. The first-order chi connectivity index (χ1) is 5.70. The summed E-state index contributed by atoms with van der Waals surface area (Å²) in [5.41, 5.74) is 4.74. The molecule has 0 aromatic carbocycles. The average molecular weight is 712 g/mol. The number of aromatic nitrogens is 1. The standard InChI is InChI=1S/C11H10N.Re.Rf.Rh/c1-7-4-8(2)11-9(3)5-12-6-10(7)11;;;/h7H,1-3H3;;;/q-3;;;. The Balaban J connectivity index is 0. The molecule has 4 heteroatoms. The summed E-state index contributed by atoms with van der Waals surface area (Å²) < 4.78 is 0. The van der Waals surface area contributed by atoms with E-state index >= 15 is 0 Å². The van der Waals surface area contributed by atoms with Crippen LogP contribution in [0.5, 0.6) is 0 Å². The number of aryl methyl sites for hydroxylation is 1. The van der Waals surface area contributed by atoms with Gasteiger partial charge in [0.05, 0.1) is 0 Å². The summed E-state index contributed by atoms with van der Waals surface area (Å²) in [6.07, 6.45) is 9.25. The van der Waals surface area contributed by atoms with Gasteiger partial charge in [0.1, 0.15) is 0 Å². The van der Waals surface area contributed by atoms with Gasteiger partial charge in [-0.3, -0.25) is 35.2 Å². The molecule has 0 spiro atoms. The SMILES string of the molecule is CC1=[C-]C(C)c2[c-]n[c-]c(C)c21.[Re].[Rf].[Rh]. The van der Waals surface area contributed by atoms with E-state index in [1.54, 1.807) is 0 Å². The van der Waals surface area contributed by atoms with Gasteiger partial charge in [-0.15, -0.1) is 5.92 Å². The number of hydrogen-bond acceptors (Lipinski definition) is 1. The third-order valence-corrected chi connectivity index (χ3v) is 2.29. The normalized spacial score (nSPS) is 16.5. The summed E-state index contributed by atoms with van der Waals surface area (Å²) in [6, 6.07) is 0. The Morgan fingerprint density at radius 1 is 1.20 bits per heavy atom. The summed E-state index contributed by atoms with van der Waals surface area (Å²) in [6.45, 7) is 6.23. The minimum atomic E-state index is 0. The summed E-state index contributed by atoms with van der Waals surface area (Å²) in [4.78, 5) is 3.94. The molecule has 1 unspecified atom stereocenters. The van der Waals surface area contributed by atoms with Gasteiger partial charge in [-0.2, -0.15) is 0 Å². The summed E-state index contributed by atoms with van der Waals surface area (Å²) in [7, 11) is 0. The van der Waals surface area contributed by atoms with Crippen LogP contribution >= 0.6 is 0 Å². The van der Waals surface area contributed by atoms with Gasteiger partial charge >= 0.3 is 0 Å². The number of nitrogens with zero attached hydrogens (tertiary/aromatic N) is 1. The van der Waals surface area contributed by atoms with Crippen molar-refractivity contribution in [1.82, 2.24) is 4.98 Å². The van der Waals surface area contributed by atoms with Crippen molar-refractivity contribution in [2.24, 2.45) is 0 Å². The fourth-order valence-electron chi connectivity index (χ4n) is 1.75. The van der Waals surface area contributed by atoms with E-state index in [4.69, 9.17) is 0 Å². The second kappa shape index (κ2) is 5.91. The molecule has 80 valence electrons. The van der Waals surface area contributed by atoms with E-state index in [2.05, 4.69) is 37.3 Å². The monoisotopic (exact) mass is 713 g/mol. The number of pyridine rings is 1. The molecule has 0 bridgehead atoms. The van der Waals surface area contributed by atoms with Crippen LogP contribution in [-0.4, -0.2) is 4.98 Å². The maximum Gasteiger partial charge on any atom is 0 e. The van der Waals surface area contributed by atoms with Crippen molar-refractivity contribution in [3.8, 4) is 0 Å². The Labute approximate surface area is 112 Å². The van der Waals surface area contributed by atoms with Gasteiger partial charge in [-0.25, -0.2) is 5.57 Å². The minimum Gasteiger partial charge on any atom is -0.543 e. The van der Waals surface area contributed by atoms with Gasteiger partial charge in [-0.05, 0) is 0 Å². The Morgan fingerprint density at radius 2 is 1.80 bits per heavy atom. The molecule has 0 saturated heterocycles. The predicted molar refractivity (Wildman–Crippen MR) is 47.4 cm³/mol. The van der Waals surface area contributed by atoms with Crippen LogP contribution in [0.4, 0.5) is 0 Å². The number of allylic oxidation sites excluding steroid dienone is 2. The molecule has 1 aromatic heterocycles. The van der Waals surface area contributed by atoms with E-state index < -0.39 is 0 Å². The third-order valence-electron chi connectivity index (χ3n) is 2.29. The Hall–Kier alpha value is -0.824. The smallest absolute Gasteiger partial charge is 0 e. The molecule has 0 saturated carbocycles. The molecular formula is C11H10NReRfRh-3. The van der Waals surface area contributed by atoms with Crippen LogP contribution in [0.25, 0.3) is 5.57 Å². The van der Waals surface area contributed by atoms with E-state index in [-0.39, 0.29) is 39.9 Å². The van der Waals surface area contributed by atoms with Gasteiger partial charge in [0.15, 0.2) is 0 Å². The quantitative estimate of drug-likeness (QED) is 0.298. The van der Waals surface area contributed by atoms with Crippen LogP contribution in [-0.2, 0) is 39.9 Å². The van der Waals surface area contributed by atoms with Crippen molar-refractivity contribution in [1.29, 1.82) is 0 Å². The molecule has 1 nitrogen and oxygen atoms in total. The molecule has 1 aliphatic rings. The fourth-order valence-corrected chi connectivity index (χ4v) is 1.75. The van der Waals surface area contributed by atoms with Crippen LogP contribution in [0.1, 0.15) is 36.5 Å². The summed E-state index contributed by atoms with van der Waals surface area (Å²) in [5.74, 6) is 0.348. The first-order valence-corrected chi connectivity index (χ1v) is 4.10. The zero-order valence-corrected chi connectivity index (χ0v) is 19.7. The second-order valence-corrected chi connectivity index (χ2v) is 3.24. The topological polar surface area (TPSA) is 12.9 Å². The van der Waals surface area contributed by atoms with Gasteiger partial charge in [-0.1, -0.05) is 20.8 Å². The van der Waals surface area contributed by atoms with Gasteiger partial charge in [0, 0.05) is 39.9 Å². The largest absolute Gasteiger partial charge is 0.543 e. The zero-order chi connectivity index (χ0) is 8.72. The molecule has 0 amide bonds. The average Bonchev–Trinajstić information content (AvgIpc) is 2.29. The predicted octanol–water partition coefficient (Wildman–Crippen LogP) is 2.31. The maximum atomic E-state index is 3.94. The van der Waals surface area contributed by atoms with Crippen molar-refractivity contribution in [2.45, 2.75) is 26.7 Å². The first kappa shape index (κ1) is 16.6. The van der Waals surface area contributed by atoms with Crippen molar-refractivity contribution in [3.63, 3.8) is 0 Å². The summed E-state index contributed by atoms with van der Waals surface area (Å²) >= 11 is 0. The molecule has 0 N–H and O–H groups in total. The Morgan fingerprint density at radius 3 is 2.33 bits per heavy atom. The molecule has 1 aliphatic carbocycles. The van der Waals surface area contributed by atoms with Gasteiger partial charge in [0.2, 0.25) is 0 Å².